The van der Waals surface area contributed by atoms with Crippen LogP contribution in [0.1, 0.15) is 34.6 Å². The Labute approximate surface area is 95.1 Å². The third kappa shape index (κ3) is 3.91. The molecule has 0 saturated heterocycles. The van der Waals surface area contributed by atoms with Crippen molar-refractivity contribution in [3.63, 3.8) is 0 Å². The quantitative estimate of drug-likeness (QED) is 0.599. The first kappa shape index (κ1) is 14.0. The zero-order valence-corrected chi connectivity index (χ0v) is 10.7. The summed E-state index contributed by atoms with van der Waals surface area (Å²) < 4.78 is 0. The van der Waals surface area contributed by atoms with Gasteiger partial charge >= 0.3 is 0 Å². The summed E-state index contributed by atoms with van der Waals surface area (Å²) in [5.74, 6) is 1.26. The SMILES string of the molecule is C=CC1=CC(C)C(C)C=C1/C=C\C.CC. The van der Waals surface area contributed by atoms with Crippen molar-refractivity contribution >= 4 is 0 Å². The summed E-state index contributed by atoms with van der Waals surface area (Å²) in [6.07, 6.45) is 10.8. The van der Waals surface area contributed by atoms with Gasteiger partial charge in [0.2, 0.25) is 0 Å². The molecule has 0 heteroatoms. The zero-order chi connectivity index (χ0) is 11.8. The molecular formula is C15H24. The zero-order valence-electron chi connectivity index (χ0n) is 10.7. The lowest BCUT2D eigenvalue weighted by Crippen LogP contribution is -2.09. The van der Waals surface area contributed by atoms with E-state index >= 15 is 0 Å². The molecule has 1 aliphatic rings. The summed E-state index contributed by atoms with van der Waals surface area (Å²) >= 11 is 0. The molecule has 0 radical (unpaired) electrons. The van der Waals surface area contributed by atoms with E-state index in [1.807, 2.05) is 26.8 Å². The molecule has 2 atom stereocenters. The van der Waals surface area contributed by atoms with Gasteiger partial charge in [0, 0.05) is 0 Å². The van der Waals surface area contributed by atoms with Crippen molar-refractivity contribution in [3.05, 3.63) is 48.1 Å². The van der Waals surface area contributed by atoms with Crippen LogP contribution in [0.3, 0.4) is 0 Å². The minimum Gasteiger partial charge on any atom is -0.0985 e. The number of allylic oxidation sites excluding steroid dienone is 7. The fourth-order valence-electron chi connectivity index (χ4n) is 1.58. The Morgan fingerprint density at radius 1 is 1.07 bits per heavy atom. The standard InChI is InChI=1S/C13H18.C2H6/c1-5-7-13-9-11(4)10(3)8-12(13)6-2;1-2/h5-11H,2H2,1,3-4H3;1-2H3/b7-5-;. The molecule has 0 fully saturated rings. The van der Waals surface area contributed by atoms with E-state index in [2.05, 4.69) is 44.7 Å². The Morgan fingerprint density at radius 2 is 1.53 bits per heavy atom. The third-order valence-electron chi connectivity index (χ3n) is 2.61. The van der Waals surface area contributed by atoms with E-state index in [-0.39, 0.29) is 0 Å². The average Bonchev–Trinajstić information content (AvgIpc) is 2.26. The van der Waals surface area contributed by atoms with E-state index in [4.69, 9.17) is 0 Å². The van der Waals surface area contributed by atoms with Crippen molar-refractivity contribution in [1.82, 2.24) is 0 Å². The van der Waals surface area contributed by atoms with Gasteiger partial charge in [0.1, 0.15) is 0 Å². The molecule has 0 aromatic heterocycles. The van der Waals surface area contributed by atoms with Gasteiger partial charge in [0.15, 0.2) is 0 Å². The number of hydrogen-bond donors (Lipinski definition) is 0. The first-order chi connectivity index (χ1) is 7.19. The second kappa shape index (κ2) is 7.28. The van der Waals surface area contributed by atoms with Crippen LogP contribution in [0.4, 0.5) is 0 Å². The Bertz CT molecular complexity index is 276. The van der Waals surface area contributed by atoms with Gasteiger partial charge in [-0.2, -0.15) is 0 Å². The molecule has 0 spiro atoms. The summed E-state index contributed by atoms with van der Waals surface area (Å²) in [6.45, 7) is 14.4. The van der Waals surface area contributed by atoms with Crippen molar-refractivity contribution < 1.29 is 0 Å². The topological polar surface area (TPSA) is 0 Å². The van der Waals surface area contributed by atoms with Crippen molar-refractivity contribution in [2.75, 3.05) is 0 Å². The van der Waals surface area contributed by atoms with Crippen molar-refractivity contribution in [2.45, 2.75) is 34.6 Å². The maximum atomic E-state index is 3.83. The summed E-state index contributed by atoms with van der Waals surface area (Å²) in [4.78, 5) is 0. The lowest BCUT2D eigenvalue weighted by molar-refractivity contribution is 0.547. The largest absolute Gasteiger partial charge is 0.0985 e. The second-order valence-corrected chi connectivity index (χ2v) is 3.67. The smallest absolute Gasteiger partial charge is 0.0192 e. The molecule has 0 aromatic carbocycles. The monoisotopic (exact) mass is 204 g/mol. The molecule has 0 heterocycles. The van der Waals surface area contributed by atoms with Gasteiger partial charge in [-0.3, -0.25) is 0 Å². The number of hydrogen-bond acceptors (Lipinski definition) is 0. The summed E-state index contributed by atoms with van der Waals surface area (Å²) in [6, 6.07) is 0. The highest BCUT2D eigenvalue weighted by molar-refractivity contribution is 5.48. The van der Waals surface area contributed by atoms with E-state index in [1.165, 1.54) is 11.1 Å². The highest BCUT2D eigenvalue weighted by Gasteiger charge is 2.14. The average molecular weight is 204 g/mol. The maximum absolute atomic E-state index is 3.83. The predicted octanol–water partition coefficient (Wildman–Crippen LogP) is 4.91. The van der Waals surface area contributed by atoms with Crippen LogP contribution in [0, 0.1) is 11.8 Å². The molecule has 0 saturated carbocycles. The van der Waals surface area contributed by atoms with E-state index in [0.29, 0.717) is 11.8 Å². The van der Waals surface area contributed by atoms with Crippen molar-refractivity contribution in [3.8, 4) is 0 Å². The van der Waals surface area contributed by atoms with Crippen LogP contribution < -0.4 is 0 Å². The normalized spacial score (nSPS) is 25.1. The molecule has 0 nitrogen and oxygen atoms in total. The summed E-state index contributed by atoms with van der Waals surface area (Å²) in [5, 5.41) is 0. The van der Waals surface area contributed by atoms with Gasteiger partial charge in [0.05, 0.1) is 0 Å². The predicted molar refractivity (Wildman–Crippen MR) is 70.9 cm³/mol. The molecule has 0 N–H and O–H groups in total. The Morgan fingerprint density at radius 3 is 1.93 bits per heavy atom. The minimum atomic E-state index is 0.627. The first-order valence-electron chi connectivity index (χ1n) is 5.88. The van der Waals surface area contributed by atoms with Crippen molar-refractivity contribution in [2.24, 2.45) is 11.8 Å². The molecule has 1 rings (SSSR count). The minimum absolute atomic E-state index is 0.627. The van der Waals surface area contributed by atoms with Gasteiger partial charge in [-0.15, -0.1) is 0 Å². The van der Waals surface area contributed by atoms with Gasteiger partial charge in [-0.25, -0.2) is 0 Å². The van der Waals surface area contributed by atoms with Crippen LogP contribution in [0.15, 0.2) is 48.1 Å². The van der Waals surface area contributed by atoms with Crippen LogP contribution in [-0.2, 0) is 0 Å². The molecular weight excluding hydrogens is 180 g/mol. The Kier molecular flexibility index (Phi) is 6.77. The highest BCUT2D eigenvalue weighted by atomic mass is 14.2. The fourth-order valence-corrected chi connectivity index (χ4v) is 1.58. The van der Waals surface area contributed by atoms with E-state index in [9.17, 15) is 0 Å². The molecule has 1 aliphatic carbocycles. The van der Waals surface area contributed by atoms with Crippen LogP contribution >= 0.6 is 0 Å². The lowest BCUT2D eigenvalue weighted by atomic mass is 9.84. The lowest BCUT2D eigenvalue weighted by Gasteiger charge is -2.21. The van der Waals surface area contributed by atoms with Gasteiger partial charge in [-0.1, -0.05) is 64.7 Å². The van der Waals surface area contributed by atoms with Crippen LogP contribution in [0.2, 0.25) is 0 Å². The Balaban J connectivity index is 0.000000921. The summed E-state index contributed by atoms with van der Waals surface area (Å²) in [5.41, 5.74) is 2.58. The molecule has 0 bridgehead atoms. The van der Waals surface area contributed by atoms with Crippen molar-refractivity contribution in [1.29, 1.82) is 0 Å². The molecule has 0 amide bonds. The first-order valence-corrected chi connectivity index (χ1v) is 5.88. The molecule has 2 unspecified atom stereocenters. The number of rotatable bonds is 2. The Hall–Kier alpha value is -1.04. The molecule has 84 valence electrons. The van der Waals surface area contributed by atoms with E-state index < -0.39 is 0 Å². The second-order valence-electron chi connectivity index (χ2n) is 3.67. The van der Waals surface area contributed by atoms with E-state index in [1.54, 1.807) is 0 Å². The van der Waals surface area contributed by atoms with Gasteiger partial charge in [-0.05, 0) is 29.9 Å². The van der Waals surface area contributed by atoms with Crippen LogP contribution in [-0.4, -0.2) is 0 Å². The van der Waals surface area contributed by atoms with Gasteiger partial charge in [0.25, 0.3) is 0 Å². The summed E-state index contributed by atoms with van der Waals surface area (Å²) in [7, 11) is 0. The maximum Gasteiger partial charge on any atom is -0.0192 e. The molecule has 15 heavy (non-hydrogen) atoms. The third-order valence-corrected chi connectivity index (χ3v) is 2.61. The van der Waals surface area contributed by atoms with Gasteiger partial charge < -0.3 is 0 Å². The molecule has 0 aromatic rings. The molecule has 0 aliphatic heterocycles. The highest BCUT2D eigenvalue weighted by Crippen LogP contribution is 2.28. The van der Waals surface area contributed by atoms with Crippen LogP contribution in [0.25, 0.3) is 0 Å². The fraction of sp³-hybridized carbons (Fsp3) is 0.467. The van der Waals surface area contributed by atoms with E-state index in [0.717, 1.165) is 0 Å². The van der Waals surface area contributed by atoms with Crippen LogP contribution in [0.5, 0.6) is 0 Å².